The first-order chi connectivity index (χ1) is 10.7. The van der Waals surface area contributed by atoms with Gasteiger partial charge in [-0.2, -0.15) is 0 Å². The van der Waals surface area contributed by atoms with E-state index in [0.29, 0.717) is 6.04 Å². The summed E-state index contributed by atoms with van der Waals surface area (Å²) >= 11 is 0. The van der Waals surface area contributed by atoms with Gasteiger partial charge in [0.2, 0.25) is 0 Å². The Morgan fingerprint density at radius 1 is 0.909 bits per heavy atom. The monoisotopic (exact) mass is 310 g/mol. The minimum atomic E-state index is 0.269. The third kappa shape index (κ3) is 5.54. The van der Waals surface area contributed by atoms with Crippen molar-refractivity contribution in [1.82, 2.24) is 4.90 Å². The first-order valence-electron chi connectivity index (χ1n) is 9.31. The van der Waals surface area contributed by atoms with E-state index < -0.39 is 0 Å². The van der Waals surface area contributed by atoms with Crippen LogP contribution in [0.5, 0.6) is 0 Å². The molecule has 2 fully saturated rings. The van der Waals surface area contributed by atoms with Gasteiger partial charge in [-0.1, -0.05) is 50.1 Å². The quantitative estimate of drug-likeness (QED) is 0.583. The highest BCUT2D eigenvalue weighted by Gasteiger charge is 2.30. The number of rotatable bonds is 1. The van der Waals surface area contributed by atoms with Crippen molar-refractivity contribution in [3.05, 3.63) is 0 Å². The molecule has 2 aliphatic rings. The number of hydrogen-bond acceptors (Lipinski definition) is 4. The van der Waals surface area contributed by atoms with E-state index in [1.165, 1.54) is 44.9 Å². The summed E-state index contributed by atoms with van der Waals surface area (Å²) in [4.78, 5) is 2.50. The molecule has 0 aromatic rings. The molecule has 1 saturated heterocycles. The maximum atomic E-state index is 9.56. The highest BCUT2D eigenvalue weighted by Crippen LogP contribution is 2.22. The third-order valence-electron chi connectivity index (χ3n) is 5.06. The summed E-state index contributed by atoms with van der Waals surface area (Å²) in [5.74, 6) is 0. The standard InChI is InChI=1S/C18H34N2O2/c1-15-13-20(14-16(2)22-15)18-12-10-8-6-4-3-5-7-9-11-17(18)19-21/h15-16,18,21H,3-14H2,1-2H3/b19-17-. The smallest absolute Gasteiger partial charge is 0.0742 e. The molecule has 4 nitrogen and oxygen atoms in total. The molecule has 2 rings (SSSR count). The number of oxime groups is 1. The maximum absolute atomic E-state index is 9.56. The zero-order chi connectivity index (χ0) is 15.8. The minimum absolute atomic E-state index is 0.269. The van der Waals surface area contributed by atoms with E-state index >= 15 is 0 Å². The van der Waals surface area contributed by atoms with Crippen molar-refractivity contribution in [2.75, 3.05) is 13.1 Å². The predicted molar refractivity (Wildman–Crippen MR) is 90.8 cm³/mol. The van der Waals surface area contributed by atoms with Crippen LogP contribution in [0.15, 0.2) is 5.16 Å². The van der Waals surface area contributed by atoms with Gasteiger partial charge in [0.1, 0.15) is 0 Å². The highest BCUT2D eigenvalue weighted by molar-refractivity contribution is 5.89. The molecule has 0 spiro atoms. The van der Waals surface area contributed by atoms with Crippen molar-refractivity contribution in [2.45, 2.75) is 96.3 Å². The molecule has 4 heteroatoms. The van der Waals surface area contributed by atoms with E-state index in [1.54, 1.807) is 0 Å². The van der Waals surface area contributed by atoms with Gasteiger partial charge in [-0.3, -0.25) is 4.90 Å². The molecular formula is C18H34N2O2. The predicted octanol–water partition coefficient (Wildman–Crippen LogP) is 4.21. The van der Waals surface area contributed by atoms with E-state index in [1.807, 2.05) is 0 Å². The molecule has 1 aliphatic carbocycles. The van der Waals surface area contributed by atoms with E-state index in [0.717, 1.165) is 38.1 Å². The average molecular weight is 310 g/mol. The number of nitrogens with zero attached hydrogens (tertiary/aromatic N) is 2. The fraction of sp³-hybridized carbons (Fsp3) is 0.944. The summed E-state index contributed by atoms with van der Waals surface area (Å²) in [5.41, 5.74) is 1.00. The fourth-order valence-corrected chi connectivity index (χ4v) is 4.02. The molecule has 0 bridgehead atoms. The molecular weight excluding hydrogens is 276 g/mol. The van der Waals surface area contributed by atoms with Crippen molar-refractivity contribution in [2.24, 2.45) is 5.16 Å². The van der Waals surface area contributed by atoms with Gasteiger partial charge in [0.05, 0.1) is 24.0 Å². The van der Waals surface area contributed by atoms with Crippen molar-refractivity contribution >= 4 is 5.71 Å². The normalized spacial score (nSPS) is 35.7. The fourth-order valence-electron chi connectivity index (χ4n) is 4.02. The Hall–Kier alpha value is -0.610. The van der Waals surface area contributed by atoms with Gasteiger partial charge in [0.15, 0.2) is 0 Å². The van der Waals surface area contributed by atoms with Gasteiger partial charge < -0.3 is 9.94 Å². The second-order valence-electron chi connectivity index (χ2n) is 7.19. The minimum Gasteiger partial charge on any atom is -0.411 e. The molecule has 1 aliphatic heterocycles. The van der Waals surface area contributed by atoms with Gasteiger partial charge >= 0.3 is 0 Å². The molecule has 1 N–H and O–H groups in total. The summed E-state index contributed by atoms with van der Waals surface area (Å²) in [7, 11) is 0. The van der Waals surface area contributed by atoms with E-state index in [4.69, 9.17) is 4.74 Å². The van der Waals surface area contributed by atoms with Crippen LogP contribution in [0.1, 0.15) is 78.1 Å². The summed E-state index contributed by atoms with van der Waals surface area (Å²) in [5, 5.41) is 13.3. The maximum Gasteiger partial charge on any atom is 0.0742 e. The zero-order valence-electron chi connectivity index (χ0n) is 14.5. The molecule has 1 saturated carbocycles. The van der Waals surface area contributed by atoms with Crippen LogP contribution in [0.4, 0.5) is 0 Å². The van der Waals surface area contributed by atoms with E-state index in [2.05, 4.69) is 23.9 Å². The topological polar surface area (TPSA) is 45.1 Å². The van der Waals surface area contributed by atoms with Crippen molar-refractivity contribution < 1.29 is 9.94 Å². The zero-order valence-corrected chi connectivity index (χ0v) is 14.5. The summed E-state index contributed by atoms with van der Waals surface area (Å²) in [6.45, 7) is 6.20. The molecule has 3 atom stereocenters. The molecule has 3 unspecified atom stereocenters. The van der Waals surface area contributed by atoms with Crippen LogP contribution < -0.4 is 0 Å². The summed E-state index contributed by atoms with van der Waals surface area (Å²) < 4.78 is 5.87. The Morgan fingerprint density at radius 2 is 1.45 bits per heavy atom. The molecule has 0 radical (unpaired) electrons. The number of ether oxygens (including phenoxy) is 1. The van der Waals surface area contributed by atoms with Crippen LogP contribution in [0.3, 0.4) is 0 Å². The first-order valence-corrected chi connectivity index (χ1v) is 9.31. The van der Waals surface area contributed by atoms with Crippen LogP contribution in [0, 0.1) is 0 Å². The first kappa shape index (κ1) is 17.7. The Balaban J connectivity index is 2.03. The third-order valence-corrected chi connectivity index (χ3v) is 5.06. The van der Waals surface area contributed by atoms with E-state index in [-0.39, 0.29) is 12.2 Å². The lowest BCUT2D eigenvalue weighted by Gasteiger charge is -2.40. The van der Waals surface area contributed by atoms with Crippen molar-refractivity contribution in [3.8, 4) is 0 Å². The van der Waals surface area contributed by atoms with Gasteiger partial charge in [-0.05, 0) is 33.1 Å². The second kappa shape index (κ2) is 9.51. The Labute approximate surface area is 135 Å². The Morgan fingerprint density at radius 3 is 2.05 bits per heavy atom. The van der Waals surface area contributed by atoms with Gasteiger partial charge in [-0.25, -0.2) is 0 Å². The second-order valence-corrected chi connectivity index (χ2v) is 7.19. The lowest BCUT2D eigenvalue weighted by Crippen LogP contribution is -2.52. The van der Waals surface area contributed by atoms with Gasteiger partial charge in [0, 0.05) is 13.1 Å². The Kier molecular flexibility index (Phi) is 7.67. The summed E-state index contributed by atoms with van der Waals surface area (Å²) in [6.07, 6.45) is 13.0. The molecule has 128 valence electrons. The summed E-state index contributed by atoms with van der Waals surface area (Å²) in [6, 6.07) is 0.304. The van der Waals surface area contributed by atoms with Gasteiger partial charge in [0.25, 0.3) is 0 Å². The molecule has 1 heterocycles. The van der Waals surface area contributed by atoms with Crippen LogP contribution in [-0.4, -0.2) is 47.2 Å². The highest BCUT2D eigenvalue weighted by atomic mass is 16.5. The van der Waals surface area contributed by atoms with Crippen LogP contribution in [-0.2, 0) is 4.74 Å². The lowest BCUT2D eigenvalue weighted by atomic mass is 9.94. The number of hydrogen-bond donors (Lipinski definition) is 1. The molecule has 0 amide bonds. The average Bonchev–Trinajstić information content (AvgIpc) is 2.46. The SMILES string of the molecule is CC1CN(C2CCCCCCCCCC/C2=N/O)CC(C)O1. The molecule has 0 aromatic carbocycles. The number of morpholine rings is 1. The molecule has 0 aromatic heterocycles. The van der Waals surface area contributed by atoms with E-state index in [9.17, 15) is 5.21 Å². The lowest BCUT2D eigenvalue weighted by molar-refractivity contribution is -0.0745. The van der Waals surface area contributed by atoms with Crippen LogP contribution >= 0.6 is 0 Å². The van der Waals surface area contributed by atoms with Crippen molar-refractivity contribution in [3.63, 3.8) is 0 Å². The Bertz CT molecular complexity index is 336. The van der Waals surface area contributed by atoms with Crippen molar-refractivity contribution in [1.29, 1.82) is 0 Å². The van der Waals surface area contributed by atoms with Gasteiger partial charge in [-0.15, -0.1) is 0 Å². The largest absolute Gasteiger partial charge is 0.411 e. The van der Waals surface area contributed by atoms with Crippen LogP contribution in [0.25, 0.3) is 0 Å². The molecule has 22 heavy (non-hydrogen) atoms. The van der Waals surface area contributed by atoms with Crippen LogP contribution in [0.2, 0.25) is 0 Å².